The lowest BCUT2D eigenvalue weighted by molar-refractivity contribution is -0.123. The number of benzene rings is 2. The molecule has 0 aliphatic rings. The van der Waals surface area contributed by atoms with Crippen LogP contribution in [0.15, 0.2) is 48.5 Å². The molecule has 6 heteroatoms. The SMILES string of the molecule is CC(C)CCn1c(CCNC(=O)COc2ccc(Cl)cc2)nc2ccccc21. The smallest absolute Gasteiger partial charge is 0.257 e. The summed E-state index contributed by atoms with van der Waals surface area (Å²) in [6.07, 6.45) is 1.77. The van der Waals surface area contributed by atoms with Crippen LogP contribution in [0.3, 0.4) is 0 Å². The second-order valence-corrected chi connectivity index (χ2v) is 7.63. The number of aryl methyl sites for hydroxylation is 1. The minimum atomic E-state index is -0.153. The van der Waals surface area contributed by atoms with Gasteiger partial charge in [-0.2, -0.15) is 0 Å². The molecule has 148 valence electrons. The maximum Gasteiger partial charge on any atom is 0.257 e. The van der Waals surface area contributed by atoms with Gasteiger partial charge in [0, 0.05) is 24.5 Å². The molecule has 2 aromatic carbocycles. The number of hydrogen-bond acceptors (Lipinski definition) is 3. The summed E-state index contributed by atoms with van der Waals surface area (Å²) in [6, 6.07) is 15.1. The summed E-state index contributed by atoms with van der Waals surface area (Å²) in [5.74, 6) is 2.09. The summed E-state index contributed by atoms with van der Waals surface area (Å²) in [6.45, 7) is 5.87. The van der Waals surface area contributed by atoms with Crippen molar-refractivity contribution in [3.8, 4) is 5.75 Å². The second kappa shape index (κ2) is 9.60. The average Bonchev–Trinajstić information content (AvgIpc) is 3.03. The summed E-state index contributed by atoms with van der Waals surface area (Å²) < 4.78 is 7.74. The molecule has 1 aromatic heterocycles. The van der Waals surface area contributed by atoms with E-state index < -0.39 is 0 Å². The van der Waals surface area contributed by atoms with Crippen molar-refractivity contribution in [1.82, 2.24) is 14.9 Å². The van der Waals surface area contributed by atoms with Gasteiger partial charge >= 0.3 is 0 Å². The van der Waals surface area contributed by atoms with E-state index in [0.717, 1.165) is 29.8 Å². The molecule has 3 aromatic rings. The monoisotopic (exact) mass is 399 g/mol. The van der Waals surface area contributed by atoms with E-state index in [0.29, 0.717) is 29.7 Å². The molecule has 1 N–H and O–H groups in total. The van der Waals surface area contributed by atoms with Gasteiger partial charge < -0.3 is 14.6 Å². The Kier molecular flexibility index (Phi) is 6.93. The van der Waals surface area contributed by atoms with Crippen LogP contribution in [-0.2, 0) is 17.8 Å². The number of halogens is 1. The van der Waals surface area contributed by atoms with Crippen molar-refractivity contribution in [3.63, 3.8) is 0 Å². The molecule has 3 rings (SSSR count). The van der Waals surface area contributed by atoms with Crippen LogP contribution in [0.2, 0.25) is 5.02 Å². The van der Waals surface area contributed by atoms with Crippen LogP contribution in [0, 0.1) is 5.92 Å². The van der Waals surface area contributed by atoms with E-state index in [1.165, 1.54) is 0 Å². The topological polar surface area (TPSA) is 56.2 Å². The number of amides is 1. The van der Waals surface area contributed by atoms with Crippen LogP contribution < -0.4 is 10.1 Å². The molecule has 0 radical (unpaired) electrons. The summed E-state index contributed by atoms with van der Waals surface area (Å²) >= 11 is 5.84. The third kappa shape index (κ3) is 5.49. The molecule has 0 bridgehead atoms. The number of fused-ring (bicyclic) bond motifs is 1. The minimum absolute atomic E-state index is 0.0224. The van der Waals surface area contributed by atoms with Gasteiger partial charge in [-0.1, -0.05) is 37.6 Å². The van der Waals surface area contributed by atoms with Gasteiger partial charge in [-0.05, 0) is 48.7 Å². The van der Waals surface area contributed by atoms with Crippen LogP contribution in [0.4, 0.5) is 0 Å². The highest BCUT2D eigenvalue weighted by Crippen LogP contribution is 2.18. The van der Waals surface area contributed by atoms with E-state index in [9.17, 15) is 4.79 Å². The first kappa shape index (κ1) is 20.2. The molecule has 0 saturated heterocycles. The maximum atomic E-state index is 12.1. The average molecular weight is 400 g/mol. The van der Waals surface area contributed by atoms with Crippen molar-refractivity contribution in [2.75, 3.05) is 13.2 Å². The van der Waals surface area contributed by atoms with Crippen LogP contribution in [0.5, 0.6) is 5.75 Å². The van der Waals surface area contributed by atoms with Crippen molar-refractivity contribution in [3.05, 3.63) is 59.4 Å². The van der Waals surface area contributed by atoms with E-state index in [-0.39, 0.29) is 12.5 Å². The standard InChI is InChI=1S/C22H26ClN3O2/c1-16(2)12-14-26-20-6-4-3-5-19(20)25-21(26)11-13-24-22(27)15-28-18-9-7-17(23)8-10-18/h3-10,16H,11-15H2,1-2H3,(H,24,27). The molecule has 0 aliphatic carbocycles. The quantitative estimate of drug-likeness (QED) is 0.577. The largest absolute Gasteiger partial charge is 0.484 e. The number of carbonyl (C=O) groups is 1. The van der Waals surface area contributed by atoms with Crippen molar-refractivity contribution in [2.24, 2.45) is 5.92 Å². The van der Waals surface area contributed by atoms with Gasteiger partial charge in [0.15, 0.2) is 6.61 Å². The van der Waals surface area contributed by atoms with E-state index in [1.54, 1.807) is 24.3 Å². The Morgan fingerprint density at radius 3 is 2.68 bits per heavy atom. The van der Waals surface area contributed by atoms with Crippen molar-refractivity contribution < 1.29 is 9.53 Å². The molecule has 0 fully saturated rings. The predicted molar refractivity (Wildman–Crippen MR) is 113 cm³/mol. The Morgan fingerprint density at radius 2 is 1.93 bits per heavy atom. The van der Waals surface area contributed by atoms with Gasteiger partial charge in [-0.25, -0.2) is 4.98 Å². The first-order valence-corrected chi connectivity index (χ1v) is 10.00. The predicted octanol–water partition coefficient (Wildman–Crippen LogP) is 4.47. The van der Waals surface area contributed by atoms with Gasteiger partial charge in [0.1, 0.15) is 11.6 Å². The molecule has 1 amide bonds. The van der Waals surface area contributed by atoms with Gasteiger partial charge in [0.2, 0.25) is 0 Å². The zero-order chi connectivity index (χ0) is 19.9. The molecule has 28 heavy (non-hydrogen) atoms. The fourth-order valence-electron chi connectivity index (χ4n) is 3.00. The summed E-state index contributed by atoms with van der Waals surface area (Å²) in [4.78, 5) is 16.8. The first-order chi connectivity index (χ1) is 13.5. The Labute approximate surface area is 170 Å². The number of para-hydroxylation sites is 2. The minimum Gasteiger partial charge on any atom is -0.484 e. The lowest BCUT2D eigenvalue weighted by atomic mass is 10.1. The van der Waals surface area contributed by atoms with Gasteiger partial charge in [0.05, 0.1) is 11.0 Å². The molecule has 0 atom stereocenters. The number of hydrogen-bond donors (Lipinski definition) is 1. The zero-order valence-electron chi connectivity index (χ0n) is 16.3. The molecular formula is C22H26ClN3O2. The van der Waals surface area contributed by atoms with Gasteiger partial charge in [-0.3, -0.25) is 4.79 Å². The molecule has 5 nitrogen and oxygen atoms in total. The van der Waals surface area contributed by atoms with Gasteiger partial charge in [0.25, 0.3) is 5.91 Å². The van der Waals surface area contributed by atoms with E-state index in [1.807, 2.05) is 18.2 Å². The highest BCUT2D eigenvalue weighted by Gasteiger charge is 2.11. The third-order valence-electron chi connectivity index (χ3n) is 4.52. The number of carbonyl (C=O) groups excluding carboxylic acids is 1. The number of nitrogens with zero attached hydrogens (tertiary/aromatic N) is 2. The van der Waals surface area contributed by atoms with Crippen molar-refractivity contribution in [1.29, 1.82) is 0 Å². The Morgan fingerprint density at radius 1 is 1.18 bits per heavy atom. The highest BCUT2D eigenvalue weighted by atomic mass is 35.5. The lowest BCUT2D eigenvalue weighted by Gasteiger charge is -2.12. The Balaban J connectivity index is 1.54. The Hall–Kier alpha value is -2.53. The maximum absolute atomic E-state index is 12.1. The summed E-state index contributed by atoms with van der Waals surface area (Å²) in [5, 5.41) is 3.54. The third-order valence-corrected chi connectivity index (χ3v) is 4.77. The van der Waals surface area contributed by atoms with E-state index in [2.05, 4.69) is 29.8 Å². The summed E-state index contributed by atoms with van der Waals surface area (Å²) in [5.41, 5.74) is 2.15. The van der Waals surface area contributed by atoms with E-state index in [4.69, 9.17) is 21.3 Å². The van der Waals surface area contributed by atoms with Crippen LogP contribution in [0.25, 0.3) is 11.0 Å². The fourth-order valence-corrected chi connectivity index (χ4v) is 3.12. The molecule has 0 spiro atoms. The van der Waals surface area contributed by atoms with E-state index >= 15 is 0 Å². The molecule has 1 heterocycles. The molecule has 0 aliphatic heterocycles. The van der Waals surface area contributed by atoms with Gasteiger partial charge in [-0.15, -0.1) is 0 Å². The summed E-state index contributed by atoms with van der Waals surface area (Å²) in [7, 11) is 0. The zero-order valence-corrected chi connectivity index (χ0v) is 17.1. The molecular weight excluding hydrogens is 374 g/mol. The number of imidazole rings is 1. The number of nitrogens with one attached hydrogen (secondary N) is 1. The molecule has 0 saturated carbocycles. The van der Waals surface area contributed by atoms with Crippen molar-refractivity contribution >= 4 is 28.5 Å². The van der Waals surface area contributed by atoms with Crippen LogP contribution >= 0.6 is 11.6 Å². The first-order valence-electron chi connectivity index (χ1n) is 9.62. The Bertz CT molecular complexity index is 919. The van der Waals surface area contributed by atoms with Crippen LogP contribution in [-0.4, -0.2) is 28.6 Å². The number of rotatable bonds is 9. The fraction of sp³-hybridized carbons (Fsp3) is 0.364. The normalized spacial score (nSPS) is 11.1. The molecule has 0 unspecified atom stereocenters. The highest BCUT2D eigenvalue weighted by molar-refractivity contribution is 6.30. The van der Waals surface area contributed by atoms with Crippen LogP contribution in [0.1, 0.15) is 26.1 Å². The lowest BCUT2D eigenvalue weighted by Crippen LogP contribution is -2.31. The number of aromatic nitrogens is 2. The number of ether oxygens (including phenoxy) is 1. The van der Waals surface area contributed by atoms with Crippen molar-refractivity contribution in [2.45, 2.75) is 33.2 Å². The second-order valence-electron chi connectivity index (χ2n) is 7.19.